The van der Waals surface area contributed by atoms with Crippen LogP contribution in [0.5, 0.6) is 5.75 Å². The smallest absolute Gasteiger partial charge is 0.307 e. The van der Waals surface area contributed by atoms with Crippen LogP contribution in [0.15, 0.2) is 22.7 Å². The van der Waals surface area contributed by atoms with Crippen molar-refractivity contribution in [1.82, 2.24) is 5.32 Å². The van der Waals surface area contributed by atoms with E-state index in [9.17, 15) is 9.90 Å². The van der Waals surface area contributed by atoms with Gasteiger partial charge in [-0.05, 0) is 40.5 Å². The van der Waals surface area contributed by atoms with E-state index in [1.54, 1.807) is 13.0 Å². The van der Waals surface area contributed by atoms with Crippen LogP contribution >= 0.6 is 15.9 Å². The van der Waals surface area contributed by atoms with Gasteiger partial charge < -0.3 is 15.2 Å². The monoisotopic (exact) mass is 301 g/mol. The Morgan fingerprint density at radius 2 is 2.29 bits per heavy atom. The highest BCUT2D eigenvalue weighted by Gasteiger charge is 2.02. The van der Waals surface area contributed by atoms with E-state index in [1.807, 2.05) is 12.1 Å². The molecule has 0 aliphatic carbocycles. The van der Waals surface area contributed by atoms with Crippen molar-refractivity contribution in [2.45, 2.75) is 19.9 Å². The topological polar surface area (TPSA) is 58.6 Å². The second-order valence-corrected chi connectivity index (χ2v) is 4.37. The maximum Gasteiger partial charge on any atom is 0.307 e. The summed E-state index contributed by atoms with van der Waals surface area (Å²) in [7, 11) is 0. The molecule has 0 amide bonds. The highest BCUT2D eigenvalue weighted by atomic mass is 79.9. The number of halogens is 1. The predicted molar refractivity (Wildman–Crippen MR) is 68.8 cm³/mol. The molecule has 0 atom stereocenters. The molecule has 2 N–H and O–H groups in total. The molecule has 0 bridgehead atoms. The zero-order valence-electron chi connectivity index (χ0n) is 9.70. The maximum atomic E-state index is 11.1. The van der Waals surface area contributed by atoms with E-state index < -0.39 is 0 Å². The molecule has 5 heteroatoms. The first kappa shape index (κ1) is 14.0. The summed E-state index contributed by atoms with van der Waals surface area (Å²) in [5.74, 6) is 0.0344. The van der Waals surface area contributed by atoms with E-state index in [-0.39, 0.29) is 11.7 Å². The molecule has 0 spiro atoms. The molecule has 17 heavy (non-hydrogen) atoms. The van der Waals surface area contributed by atoms with Gasteiger partial charge in [0.15, 0.2) is 0 Å². The fourth-order valence-corrected chi connectivity index (χ4v) is 1.74. The molecule has 1 aromatic carbocycles. The first-order chi connectivity index (χ1) is 8.13. The van der Waals surface area contributed by atoms with Crippen molar-refractivity contribution in [3.8, 4) is 5.75 Å². The van der Waals surface area contributed by atoms with Crippen molar-refractivity contribution < 1.29 is 14.6 Å². The third-order valence-electron chi connectivity index (χ3n) is 2.15. The fraction of sp³-hybridized carbons (Fsp3) is 0.417. The molecule has 0 unspecified atom stereocenters. The lowest BCUT2D eigenvalue weighted by molar-refractivity contribution is -0.142. The van der Waals surface area contributed by atoms with E-state index in [4.69, 9.17) is 4.74 Å². The summed E-state index contributed by atoms with van der Waals surface area (Å²) >= 11 is 3.25. The van der Waals surface area contributed by atoms with Crippen LogP contribution in [0, 0.1) is 0 Å². The Morgan fingerprint density at radius 3 is 2.94 bits per heavy atom. The summed E-state index contributed by atoms with van der Waals surface area (Å²) in [6.07, 6.45) is 0.368. The van der Waals surface area contributed by atoms with Gasteiger partial charge in [-0.25, -0.2) is 0 Å². The first-order valence-corrected chi connectivity index (χ1v) is 6.26. The summed E-state index contributed by atoms with van der Waals surface area (Å²) in [6, 6.07) is 5.30. The molecule has 0 aromatic heterocycles. The molecule has 0 fully saturated rings. The number of hydrogen-bond donors (Lipinski definition) is 2. The molecule has 4 nitrogen and oxygen atoms in total. The second-order valence-electron chi connectivity index (χ2n) is 3.52. The average Bonchev–Trinajstić information content (AvgIpc) is 2.29. The Balaban J connectivity index is 2.26. The number of ether oxygens (including phenoxy) is 1. The number of aromatic hydroxyl groups is 1. The third kappa shape index (κ3) is 5.19. The molecule has 0 saturated heterocycles. The SMILES string of the molecule is CCOC(=O)CCNCc1ccc(O)c(Br)c1. The van der Waals surface area contributed by atoms with Crippen LogP contribution in [0.2, 0.25) is 0 Å². The van der Waals surface area contributed by atoms with Crippen molar-refractivity contribution in [2.75, 3.05) is 13.2 Å². The highest BCUT2D eigenvalue weighted by molar-refractivity contribution is 9.10. The zero-order valence-corrected chi connectivity index (χ0v) is 11.3. The Morgan fingerprint density at radius 1 is 1.53 bits per heavy atom. The molecule has 94 valence electrons. The Labute approximate surface area is 109 Å². The van der Waals surface area contributed by atoms with Crippen molar-refractivity contribution >= 4 is 21.9 Å². The van der Waals surface area contributed by atoms with Gasteiger partial charge in [-0.15, -0.1) is 0 Å². The van der Waals surface area contributed by atoms with Crippen LogP contribution in [0.4, 0.5) is 0 Å². The molecule has 0 heterocycles. The number of phenols is 1. The van der Waals surface area contributed by atoms with E-state index in [0.717, 1.165) is 5.56 Å². The Hall–Kier alpha value is -1.07. The zero-order chi connectivity index (χ0) is 12.7. The van der Waals surface area contributed by atoms with E-state index in [0.29, 0.717) is 30.6 Å². The van der Waals surface area contributed by atoms with Crippen molar-refractivity contribution in [2.24, 2.45) is 0 Å². The van der Waals surface area contributed by atoms with Gasteiger partial charge in [0.1, 0.15) is 5.75 Å². The lowest BCUT2D eigenvalue weighted by Crippen LogP contribution is -2.19. The van der Waals surface area contributed by atoms with Crippen LogP contribution in [-0.4, -0.2) is 24.2 Å². The van der Waals surface area contributed by atoms with Gasteiger partial charge in [0.25, 0.3) is 0 Å². The van der Waals surface area contributed by atoms with Gasteiger partial charge in [-0.1, -0.05) is 6.07 Å². The lowest BCUT2D eigenvalue weighted by atomic mass is 10.2. The summed E-state index contributed by atoms with van der Waals surface area (Å²) in [4.78, 5) is 11.1. The van der Waals surface area contributed by atoms with Crippen molar-refractivity contribution in [3.05, 3.63) is 28.2 Å². The van der Waals surface area contributed by atoms with Gasteiger partial charge in [-0.2, -0.15) is 0 Å². The third-order valence-corrected chi connectivity index (χ3v) is 2.79. The van der Waals surface area contributed by atoms with Crippen LogP contribution in [0.1, 0.15) is 18.9 Å². The van der Waals surface area contributed by atoms with Crippen molar-refractivity contribution in [1.29, 1.82) is 0 Å². The number of esters is 1. The van der Waals surface area contributed by atoms with Gasteiger partial charge >= 0.3 is 5.97 Å². The quantitative estimate of drug-likeness (QED) is 0.625. The van der Waals surface area contributed by atoms with Crippen LogP contribution in [0.25, 0.3) is 0 Å². The normalized spacial score (nSPS) is 10.2. The van der Waals surface area contributed by atoms with Crippen LogP contribution in [-0.2, 0) is 16.1 Å². The molecule has 1 rings (SSSR count). The maximum absolute atomic E-state index is 11.1. The fourth-order valence-electron chi connectivity index (χ4n) is 1.32. The van der Waals surface area contributed by atoms with Gasteiger partial charge in [0.05, 0.1) is 17.5 Å². The number of benzene rings is 1. The summed E-state index contributed by atoms with van der Waals surface area (Å²) in [5, 5.41) is 12.5. The average molecular weight is 302 g/mol. The summed E-state index contributed by atoms with van der Waals surface area (Å²) < 4.78 is 5.48. The van der Waals surface area contributed by atoms with Crippen molar-refractivity contribution in [3.63, 3.8) is 0 Å². The van der Waals surface area contributed by atoms with E-state index in [2.05, 4.69) is 21.2 Å². The lowest BCUT2D eigenvalue weighted by Gasteiger charge is -2.06. The molecule has 0 aliphatic heterocycles. The first-order valence-electron chi connectivity index (χ1n) is 5.47. The van der Waals surface area contributed by atoms with E-state index >= 15 is 0 Å². The van der Waals surface area contributed by atoms with Crippen LogP contribution < -0.4 is 5.32 Å². The number of hydrogen-bond acceptors (Lipinski definition) is 4. The minimum atomic E-state index is -0.188. The molecular formula is C12H16BrNO3. The second kappa shape index (κ2) is 7.29. The standard InChI is InChI=1S/C12H16BrNO3/c1-2-17-12(16)5-6-14-8-9-3-4-11(15)10(13)7-9/h3-4,7,14-15H,2,5-6,8H2,1H3. The number of phenolic OH excluding ortho intramolecular Hbond substituents is 1. The van der Waals surface area contributed by atoms with Gasteiger partial charge in [-0.3, -0.25) is 4.79 Å². The largest absolute Gasteiger partial charge is 0.507 e. The van der Waals surface area contributed by atoms with E-state index in [1.165, 1.54) is 0 Å². The minimum Gasteiger partial charge on any atom is -0.507 e. The summed E-state index contributed by atoms with van der Waals surface area (Å²) in [5.41, 5.74) is 1.04. The van der Waals surface area contributed by atoms with Crippen LogP contribution in [0.3, 0.4) is 0 Å². The molecule has 1 aromatic rings. The minimum absolute atomic E-state index is 0.188. The number of carbonyl (C=O) groups is 1. The van der Waals surface area contributed by atoms with Gasteiger partial charge in [0, 0.05) is 13.1 Å². The van der Waals surface area contributed by atoms with Gasteiger partial charge in [0.2, 0.25) is 0 Å². The molecular weight excluding hydrogens is 286 g/mol. The molecule has 0 aliphatic rings. The number of rotatable bonds is 6. The Bertz CT molecular complexity index is 382. The molecule has 0 radical (unpaired) electrons. The number of nitrogens with one attached hydrogen (secondary N) is 1. The predicted octanol–water partition coefficient (Wildman–Crippen LogP) is 2.20. The summed E-state index contributed by atoms with van der Waals surface area (Å²) in [6.45, 7) is 3.44. The number of carbonyl (C=O) groups excluding carboxylic acids is 1. The highest BCUT2D eigenvalue weighted by Crippen LogP contribution is 2.24. The molecule has 0 saturated carbocycles. The Kier molecular flexibility index (Phi) is 6.00.